The van der Waals surface area contributed by atoms with Crippen molar-refractivity contribution in [1.82, 2.24) is 9.88 Å². The highest BCUT2D eigenvalue weighted by Crippen LogP contribution is 2.31. The number of rotatable bonds is 5. The number of aromatic nitrogens is 1. The fraction of sp³-hybridized carbons (Fsp3) is 0.583. The largest absolute Gasteiger partial charge is 0.329 e. The highest BCUT2D eigenvalue weighted by Gasteiger charge is 2.26. The van der Waals surface area contributed by atoms with Crippen LogP contribution in [0.5, 0.6) is 0 Å². The molecule has 2 N–H and O–H groups in total. The van der Waals surface area contributed by atoms with Crippen molar-refractivity contribution in [3.8, 4) is 0 Å². The van der Waals surface area contributed by atoms with Gasteiger partial charge in [-0.1, -0.05) is 6.07 Å². The fourth-order valence-corrected chi connectivity index (χ4v) is 1.98. The van der Waals surface area contributed by atoms with Crippen LogP contribution in [0.3, 0.4) is 0 Å². The Morgan fingerprint density at radius 1 is 1.60 bits per heavy atom. The van der Waals surface area contributed by atoms with Crippen molar-refractivity contribution in [2.75, 3.05) is 20.1 Å². The minimum absolute atomic E-state index is 0.319. The predicted molar refractivity (Wildman–Crippen MR) is 61.4 cm³/mol. The molecule has 1 aromatic rings. The fourth-order valence-electron chi connectivity index (χ4n) is 1.98. The van der Waals surface area contributed by atoms with Crippen molar-refractivity contribution in [3.63, 3.8) is 0 Å². The summed E-state index contributed by atoms with van der Waals surface area (Å²) in [5, 5.41) is 0. The van der Waals surface area contributed by atoms with Crippen LogP contribution in [0.4, 0.5) is 0 Å². The summed E-state index contributed by atoms with van der Waals surface area (Å²) >= 11 is 0. The molecule has 0 aliphatic heterocycles. The first-order valence-electron chi connectivity index (χ1n) is 5.61. The number of hydrogen-bond donors (Lipinski definition) is 1. The third-order valence-electron chi connectivity index (χ3n) is 3.07. The van der Waals surface area contributed by atoms with Crippen molar-refractivity contribution in [2.24, 2.45) is 11.7 Å². The molecule has 1 unspecified atom stereocenters. The molecule has 1 fully saturated rings. The van der Waals surface area contributed by atoms with Crippen LogP contribution < -0.4 is 5.73 Å². The topological polar surface area (TPSA) is 42.1 Å². The van der Waals surface area contributed by atoms with Gasteiger partial charge in [-0.05, 0) is 37.4 Å². The van der Waals surface area contributed by atoms with Gasteiger partial charge in [-0.25, -0.2) is 0 Å². The normalized spacial score (nSPS) is 18.1. The Morgan fingerprint density at radius 3 is 2.93 bits per heavy atom. The van der Waals surface area contributed by atoms with E-state index in [9.17, 15) is 0 Å². The van der Waals surface area contributed by atoms with Crippen LogP contribution >= 0.6 is 0 Å². The molecule has 3 heteroatoms. The van der Waals surface area contributed by atoms with E-state index in [4.69, 9.17) is 5.73 Å². The summed E-state index contributed by atoms with van der Waals surface area (Å²) in [5.41, 5.74) is 7.06. The average Bonchev–Trinajstić information content (AvgIpc) is 3.04. The SMILES string of the molecule is CN(CC1CC1)C(CN)c1cccnc1. The molecule has 15 heavy (non-hydrogen) atoms. The number of nitrogens with zero attached hydrogens (tertiary/aromatic N) is 2. The van der Waals surface area contributed by atoms with Crippen LogP contribution in [0, 0.1) is 5.92 Å². The summed E-state index contributed by atoms with van der Waals surface area (Å²) < 4.78 is 0. The van der Waals surface area contributed by atoms with Gasteiger partial charge in [0.1, 0.15) is 0 Å². The standard InChI is InChI=1S/C12H19N3/c1-15(9-10-4-5-10)12(7-13)11-3-2-6-14-8-11/h2-3,6,8,10,12H,4-5,7,9,13H2,1H3. The molecule has 1 aliphatic carbocycles. The minimum atomic E-state index is 0.319. The Balaban J connectivity index is 2.01. The Hall–Kier alpha value is -0.930. The van der Waals surface area contributed by atoms with Crippen LogP contribution in [-0.2, 0) is 0 Å². The Kier molecular flexibility index (Phi) is 3.34. The van der Waals surface area contributed by atoms with Crippen LogP contribution in [0.2, 0.25) is 0 Å². The quantitative estimate of drug-likeness (QED) is 0.790. The first-order valence-corrected chi connectivity index (χ1v) is 5.61. The third-order valence-corrected chi connectivity index (χ3v) is 3.07. The lowest BCUT2D eigenvalue weighted by atomic mass is 10.1. The summed E-state index contributed by atoms with van der Waals surface area (Å²) in [6, 6.07) is 4.40. The maximum absolute atomic E-state index is 5.83. The van der Waals surface area contributed by atoms with Gasteiger partial charge in [-0.3, -0.25) is 9.88 Å². The van der Waals surface area contributed by atoms with Gasteiger partial charge in [0.15, 0.2) is 0 Å². The number of likely N-dealkylation sites (N-methyl/N-ethyl adjacent to an activating group) is 1. The molecule has 2 rings (SSSR count). The van der Waals surface area contributed by atoms with E-state index in [1.165, 1.54) is 18.4 Å². The second-order valence-corrected chi connectivity index (χ2v) is 4.42. The second-order valence-electron chi connectivity index (χ2n) is 4.42. The summed E-state index contributed by atoms with van der Waals surface area (Å²) in [6.45, 7) is 1.83. The highest BCUT2D eigenvalue weighted by atomic mass is 15.1. The Morgan fingerprint density at radius 2 is 2.40 bits per heavy atom. The molecule has 1 aromatic heterocycles. The molecular weight excluding hydrogens is 186 g/mol. The molecule has 0 radical (unpaired) electrons. The highest BCUT2D eigenvalue weighted by molar-refractivity contribution is 5.14. The van der Waals surface area contributed by atoms with E-state index in [1.807, 2.05) is 12.3 Å². The molecule has 1 heterocycles. The van der Waals surface area contributed by atoms with Gasteiger partial charge in [0.25, 0.3) is 0 Å². The van der Waals surface area contributed by atoms with Crippen molar-refractivity contribution in [1.29, 1.82) is 0 Å². The zero-order valence-electron chi connectivity index (χ0n) is 9.26. The maximum atomic E-state index is 5.83. The van der Waals surface area contributed by atoms with Crippen molar-refractivity contribution < 1.29 is 0 Å². The Bertz CT molecular complexity index is 295. The zero-order chi connectivity index (χ0) is 10.7. The van der Waals surface area contributed by atoms with Crippen molar-refractivity contribution in [2.45, 2.75) is 18.9 Å². The van der Waals surface area contributed by atoms with Crippen LogP contribution in [0.15, 0.2) is 24.5 Å². The molecule has 0 spiro atoms. The summed E-state index contributed by atoms with van der Waals surface area (Å²) in [4.78, 5) is 6.50. The molecule has 1 saturated carbocycles. The molecular formula is C12H19N3. The zero-order valence-corrected chi connectivity index (χ0v) is 9.26. The van der Waals surface area contributed by atoms with E-state index < -0.39 is 0 Å². The van der Waals surface area contributed by atoms with Gasteiger partial charge in [0, 0.05) is 31.5 Å². The molecule has 0 amide bonds. The summed E-state index contributed by atoms with van der Waals surface area (Å²) in [5.74, 6) is 0.903. The summed E-state index contributed by atoms with van der Waals surface area (Å²) in [6.07, 6.45) is 6.49. The third kappa shape index (κ3) is 2.76. The Labute approximate surface area is 91.3 Å². The first kappa shape index (κ1) is 10.6. The second kappa shape index (κ2) is 4.73. The number of pyridine rings is 1. The monoisotopic (exact) mass is 205 g/mol. The van der Waals surface area contributed by atoms with Gasteiger partial charge in [-0.2, -0.15) is 0 Å². The van der Waals surface area contributed by atoms with Crippen molar-refractivity contribution in [3.05, 3.63) is 30.1 Å². The lowest BCUT2D eigenvalue weighted by Gasteiger charge is -2.26. The smallest absolute Gasteiger partial charge is 0.0482 e. The molecule has 0 aromatic carbocycles. The molecule has 1 atom stereocenters. The minimum Gasteiger partial charge on any atom is -0.329 e. The predicted octanol–water partition coefficient (Wildman–Crippen LogP) is 1.42. The van der Waals surface area contributed by atoms with Crippen molar-refractivity contribution >= 4 is 0 Å². The number of nitrogens with two attached hydrogens (primary N) is 1. The van der Waals surface area contributed by atoms with Gasteiger partial charge >= 0.3 is 0 Å². The van der Waals surface area contributed by atoms with E-state index in [2.05, 4.69) is 23.0 Å². The molecule has 82 valence electrons. The van der Waals surface area contributed by atoms with Crippen LogP contribution in [0.25, 0.3) is 0 Å². The molecule has 0 bridgehead atoms. The lowest BCUT2D eigenvalue weighted by molar-refractivity contribution is 0.240. The number of hydrogen-bond acceptors (Lipinski definition) is 3. The van der Waals surface area contributed by atoms with Gasteiger partial charge in [0.2, 0.25) is 0 Å². The van der Waals surface area contributed by atoms with E-state index in [0.29, 0.717) is 12.6 Å². The van der Waals surface area contributed by atoms with E-state index in [1.54, 1.807) is 6.20 Å². The first-order chi connectivity index (χ1) is 7.31. The maximum Gasteiger partial charge on any atom is 0.0482 e. The van der Waals surface area contributed by atoms with Crippen LogP contribution in [-0.4, -0.2) is 30.0 Å². The van der Waals surface area contributed by atoms with E-state index in [-0.39, 0.29) is 0 Å². The van der Waals surface area contributed by atoms with Crippen LogP contribution in [0.1, 0.15) is 24.4 Å². The summed E-state index contributed by atoms with van der Waals surface area (Å²) in [7, 11) is 2.16. The molecule has 1 aliphatic rings. The van der Waals surface area contributed by atoms with Gasteiger partial charge in [-0.15, -0.1) is 0 Å². The molecule has 0 saturated heterocycles. The van der Waals surface area contributed by atoms with E-state index in [0.717, 1.165) is 12.5 Å². The average molecular weight is 205 g/mol. The van der Waals surface area contributed by atoms with Gasteiger partial charge in [0.05, 0.1) is 0 Å². The molecule has 3 nitrogen and oxygen atoms in total. The lowest BCUT2D eigenvalue weighted by Crippen LogP contribution is -2.32. The van der Waals surface area contributed by atoms with Gasteiger partial charge < -0.3 is 5.73 Å². The van der Waals surface area contributed by atoms with E-state index >= 15 is 0 Å².